The van der Waals surface area contributed by atoms with Gasteiger partial charge in [0.05, 0.1) is 0 Å². The lowest BCUT2D eigenvalue weighted by Crippen LogP contribution is -2.37. The minimum absolute atomic E-state index is 0.0271. The molecule has 0 fully saturated rings. The van der Waals surface area contributed by atoms with Crippen molar-refractivity contribution in [2.75, 3.05) is 13.1 Å². The molecule has 0 spiro atoms. The Labute approximate surface area is 127 Å². The van der Waals surface area contributed by atoms with Crippen LogP contribution >= 0.6 is 0 Å². The summed E-state index contributed by atoms with van der Waals surface area (Å²) in [6, 6.07) is 8.13. The van der Waals surface area contributed by atoms with Gasteiger partial charge in [0, 0.05) is 33.0 Å². The van der Waals surface area contributed by atoms with Gasteiger partial charge < -0.3 is 10.2 Å². The number of nitrogens with one attached hydrogen (secondary N) is 1. The average molecular weight is 290 g/mol. The van der Waals surface area contributed by atoms with Crippen molar-refractivity contribution in [3.63, 3.8) is 0 Å². The molecule has 4 heteroatoms. The van der Waals surface area contributed by atoms with E-state index in [1.807, 2.05) is 25.1 Å². The van der Waals surface area contributed by atoms with Crippen LogP contribution < -0.4 is 5.32 Å². The van der Waals surface area contributed by atoms with E-state index in [2.05, 4.69) is 18.3 Å². The van der Waals surface area contributed by atoms with Crippen molar-refractivity contribution in [1.29, 1.82) is 0 Å². The Hall–Kier alpha value is -1.84. The average Bonchev–Trinajstić information content (AvgIpc) is 2.44. The van der Waals surface area contributed by atoms with E-state index in [4.69, 9.17) is 0 Å². The number of carbonyl (C=O) groups excluding carboxylic acids is 2. The van der Waals surface area contributed by atoms with E-state index in [9.17, 15) is 9.59 Å². The smallest absolute Gasteiger partial charge is 0.220 e. The Morgan fingerprint density at radius 2 is 2.05 bits per heavy atom. The zero-order valence-corrected chi connectivity index (χ0v) is 13.3. The second-order valence-electron chi connectivity index (χ2n) is 5.38. The number of unbranched alkanes of at least 4 members (excludes halogenated alkanes) is 1. The fourth-order valence-electron chi connectivity index (χ4n) is 2.13. The monoisotopic (exact) mass is 290 g/mol. The summed E-state index contributed by atoms with van der Waals surface area (Å²) < 4.78 is 0. The third kappa shape index (κ3) is 6.93. The molecule has 1 N–H and O–H groups in total. The van der Waals surface area contributed by atoms with E-state index in [1.54, 1.807) is 11.8 Å². The topological polar surface area (TPSA) is 49.4 Å². The molecule has 116 valence electrons. The number of hydrogen-bond acceptors (Lipinski definition) is 2. The predicted octanol–water partition coefficient (Wildman–Crippen LogP) is 2.65. The van der Waals surface area contributed by atoms with Crippen molar-refractivity contribution in [2.45, 2.75) is 46.6 Å². The van der Waals surface area contributed by atoms with Gasteiger partial charge in [-0.25, -0.2) is 0 Å². The number of carbonyl (C=O) groups is 2. The molecule has 0 bridgehead atoms. The van der Waals surface area contributed by atoms with Crippen LogP contribution in [-0.4, -0.2) is 29.8 Å². The molecule has 0 saturated carbocycles. The van der Waals surface area contributed by atoms with Gasteiger partial charge in [-0.05, 0) is 18.9 Å². The van der Waals surface area contributed by atoms with E-state index in [0.29, 0.717) is 26.1 Å². The summed E-state index contributed by atoms with van der Waals surface area (Å²) in [5.41, 5.74) is 2.30. The fourth-order valence-corrected chi connectivity index (χ4v) is 2.13. The van der Waals surface area contributed by atoms with E-state index in [-0.39, 0.29) is 11.8 Å². The van der Waals surface area contributed by atoms with Crippen molar-refractivity contribution in [2.24, 2.45) is 0 Å². The minimum atomic E-state index is 0.0271. The molecule has 0 heterocycles. The number of hydrogen-bond donors (Lipinski definition) is 1. The Bertz CT molecular complexity index is 472. The summed E-state index contributed by atoms with van der Waals surface area (Å²) in [6.07, 6.45) is 2.49. The second-order valence-corrected chi connectivity index (χ2v) is 5.38. The third-order valence-corrected chi connectivity index (χ3v) is 3.36. The van der Waals surface area contributed by atoms with Crippen molar-refractivity contribution >= 4 is 11.8 Å². The summed E-state index contributed by atoms with van der Waals surface area (Å²) in [6.45, 7) is 7.30. The molecule has 1 aromatic rings. The van der Waals surface area contributed by atoms with Gasteiger partial charge in [0.1, 0.15) is 0 Å². The zero-order chi connectivity index (χ0) is 15.7. The van der Waals surface area contributed by atoms with Gasteiger partial charge >= 0.3 is 0 Å². The highest BCUT2D eigenvalue weighted by Gasteiger charge is 2.10. The first kappa shape index (κ1) is 17.2. The van der Waals surface area contributed by atoms with Gasteiger partial charge in [0.15, 0.2) is 0 Å². The second kappa shape index (κ2) is 9.16. The van der Waals surface area contributed by atoms with Gasteiger partial charge in [0.25, 0.3) is 0 Å². The summed E-state index contributed by atoms with van der Waals surface area (Å²) in [5.74, 6) is 0.0928. The molecule has 0 aliphatic rings. The normalized spacial score (nSPS) is 10.2. The SMILES string of the molecule is CCCCC(=O)NCCN(Cc1cccc(C)c1)C(C)=O. The molecule has 21 heavy (non-hydrogen) atoms. The Kier molecular flexibility index (Phi) is 7.51. The molecule has 4 nitrogen and oxygen atoms in total. The minimum Gasteiger partial charge on any atom is -0.354 e. The van der Waals surface area contributed by atoms with Crippen molar-refractivity contribution in [3.05, 3.63) is 35.4 Å². The predicted molar refractivity (Wildman–Crippen MR) is 84.8 cm³/mol. The van der Waals surface area contributed by atoms with E-state index < -0.39 is 0 Å². The molecule has 2 amide bonds. The molecule has 0 aliphatic carbocycles. The first-order valence-corrected chi connectivity index (χ1v) is 7.60. The first-order valence-electron chi connectivity index (χ1n) is 7.60. The van der Waals surface area contributed by atoms with Crippen LogP contribution in [0.4, 0.5) is 0 Å². The molecule has 0 aromatic heterocycles. The van der Waals surface area contributed by atoms with E-state index in [0.717, 1.165) is 18.4 Å². The van der Waals surface area contributed by atoms with Gasteiger partial charge in [-0.15, -0.1) is 0 Å². The molecule has 0 radical (unpaired) electrons. The summed E-state index contributed by atoms with van der Waals surface area (Å²) >= 11 is 0. The number of rotatable bonds is 8. The number of nitrogens with zero attached hydrogens (tertiary/aromatic N) is 1. The highest BCUT2D eigenvalue weighted by Crippen LogP contribution is 2.07. The standard InChI is InChI=1S/C17H26N2O2/c1-4-5-9-17(21)18-10-11-19(15(3)20)13-16-8-6-7-14(2)12-16/h6-8,12H,4-5,9-11,13H2,1-3H3,(H,18,21). The van der Waals surface area contributed by atoms with Crippen molar-refractivity contribution in [3.8, 4) is 0 Å². The molecular weight excluding hydrogens is 264 g/mol. The number of amides is 2. The molecule has 1 rings (SSSR count). The number of aryl methyl sites for hydroxylation is 1. The fraction of sp³-hybridized carbons (Fsp3) is 0.529. The lowest BCUT2D eigenvalue weighted by atomic mass is 10.1. The highest BCUT2D eigenvalue weighted by molar-refractivity contribution is 5.76. The number of benzene rings is 1. The van der Waals surface area contributed by atoms with Crippen LogP contribution in [0.15, 0.2) is 24.3 Å². The Balaban J connectivity index is 2.44. The van der Waals surface area contributed by atoms with Crippen LogP contribution in [0.1, 0.15) is 44.2 Å². The van der Waals surface area contributed by atoms with Crippen LogP contribution in [0.3, 0.4) is 0 Å². The first-order chi connectivity index (χ1) is 10.0. The maximum absolute atomic E-state index is 11.7. The maximum atomic E-state index is 11.7. The van der Waals surface area contributed by atoms with E-state index in [1.165, 1.54) is 5.56 Å². The van der Waals surface area contributed by atoms with Crippen molar-refractivity contribution in [1.82, 2.24) is 10.2 Å². The molecule has 1 aromatic carbocycles. The van der Waals surface area contributed by atoms with Gasteiger partial charge in [-0.2, -0.15) is 0 Å². The lowest BCUT2D eigenvalue weighted by Gasteiger charge is -2.21. The summed E-state index contributed by atoms with van der Waals surface area (Å²) in [5, 5.41) is 2.87. The third-order valence-electron chi connectivity index (χ3n) is 3.36. The molecule has 0 atom stereocenters. The van der Waals surface area contributed by atoms with Crippen LogP contribution in [0.2, 0.25) is 0 Å². The van der Waals surface area contributed by atoms with Crippen molar-refractivity contribution < 1.29 is 9.59 Å². The lowest BCUT2D eigenvalue weighted by molar-refractivity contribution is -0.130. The summed E-state index contributed by atoms with van der Waals surface area (Å²) in [4.78, 5) is 25.0. The molecular formula is C17H26N2O2. The van der Waals surface area contributed by atoms with Gasteiger partial charge in [0.2, 0.25) is 11.8 Å². The quantitative estimate of drug-likeness (QED) is 0.800. The molecule has 0 saturated heterocycles. The van der Waals surface area contributed by atoms with E-state index >= 15 is 0 Å². The van der Waals surface area contributed by atoms with Crippen LogP contribution in [0, 0.1) is 6.92 Å². The zero-order valence-electron chi connectivity index (χ0n) is 13.3. The van der Waals surface area contributed by atoms with Crippen LogP contribution in [0.25, 0.3) is 0 Å². The Morgan fingerprint density at radius 3 is 2.67 bits per heavy atom. The highest BCUT2D eigenvalue weighted by atomic mass is 16.2. The largest absolute Gasteiger partial charge is 0.354 e. The molecule has 0 aliphatic heterocycles. The van der Waals surface area contributed by atoms with Gasteiger partial charge in [-0.3, -0.25) is 9.59 Å². The molecule has 0 unspecified atom stereocenters. The van der Waals surface area contributed by atoms with Gasteiger partial charge in [-0.1, -0.05) is 43.2 Å². The Morgan fingerprint density at radius 1 is 1.29 bits per heavy atom. The van der Waals surface area contributed by atoms with Crippen LogP contribution in [-0.2, 0) is 16.1 Å². The summed E-state index contributed by atoms with van der Waals surface area (Å²) in [7, 11) is 0. The maximum Gasteiger partial charge on any atom is 0.220 e. The van der Waals surface area contributed by atoms with Crippen LogP contribution in [0.5, 0.6) is 0 Å².